The fourth-order valence-electron chi connectivity index (χ4n) is 1.11. The second kappa shape index (κ2) is 4.57. The molecule has 1 saturated heterocycles. The number of rotatable bonds is 0. The van der Waals surface area contributed by atoms with E-state index in [-0.39, 0.29) is 18.6 Å². The summed E-state index contributed by atoms with van der Waals surface area (Å²) in [5, 5.41) is 0. The van der Waals surface area contributed by atoms with Crippen LogP contribution in [0.1, 0.15) is 20.8 Å². The van der Waals surface area contributed by atoms with Crippen LogP contribution in [0.4, 0.5) is 9.18 Å². The number of hydrogen-bond acceptors (Lipinski definition) is 3. The van der Waals surface area contributed by atoms with Gasteiger partial charge in [0.2, 0.25) is 0 Å². The molecule has 6 heteroatoms. The van der Waals surface area contributed by atoms with E-state index in [0.29, 0.717) is 0 Å². The fourth-order valence-corrected chi connectivity index (χ4v) is 1.11. The molecule has 1 aliphatic heterocycles. The van der Waals surface area contributed by atoms with Crippen molar-refractivity contribution in [1.82, 2.24) is 4.90 Å². The fraction of sp³-hybridized carbons (Fsp3) is 0.778. The first-order valence-corrected chi connectivity index (χ1v) is 4.44. The van der Waals surface area contributed by atoms with Crippen molar-refractivity contribution < 1.29 is 24.2 Å². The van der Waals surface area contributed by atoms with Crippen LogP contribution < -0.4 is 0 Å². The Bertz CT molecular complexity index is 261. The lowest BCUT2D eigenvalue weighted by atomic mass is 10.2. The molecule has 0 aromatic rings. The SMILES string of the molecule is CC(C)(C)OC(=O)N1CC(=O)C(F)C1.O. The lowest BCUT2D eigenvalue weighted by molar-refractivity contribution is -0.120. The highest BCUT2D eigenvalue weighted by Gasteiger charge is 2.35. The van der Waals surface area contributed by atoms with Crippen molar-refractivity contribution in [3.05, 3.63) is 0 Å². The van der Waals surface area contributed by atoms with E-state index in [1.165, 1.54) is 0 Å². The number of Topliss-reactive ketones (excluding diaryl/α,β-unsaturated/α-hetero) is 1. The summed E-state index contributed by atoms with van der Waals surface area (Å²) in [4.78, 5) is 23.2. The molecular formula is C9H16FNO4. The van der Waals surface area contributed by atoms with Gasteiger partial charge in [-0.05, 0) is 20.8 Å². The monoisotopic (exact) mass is 221 g/mol. The average molecular weight is 221 g/mol. The molecule has 0 saturated carbocycles. The largest absolute Gasteiger partial charge is 0.444 e. The van der Waals surface area contributed by atoms with E-state index in [0.717, 1.165) is 4.90 Å². The third-order valence-corrected chi connectivity index (χ3v) is 1.73. The predicted molar refractivity (Wildman–Crippen MR) is 51.3 cm³/mol. The minimum atomic E-state index is -1.55. The molecule has 15 heavy (non-hydrogen) atoms. The molecule has 1 aliphatic rings. The highest BCUT2D eigenvalue weighted by molar-refractivity contribution is 5.91. The maximum absolute atomic E-state index is 12.8. The van der Waals surface area contributed by atoms with Crippen molar-refractivity contribution in [2.45, 2.75) is 32.5 Å². The number of ether oxygens (including phenoxy) is 1. The highest BCUT2D eigenvalue weighted by Crippen LogP contribution is 2.14. The Kier molecular flexibility index (Phi) is 4.21. The molecule has 1 atom stereocenters. The van der Waals surface area contributed by atoms with Gasteiger partial charge in [-0.3, -0.25) is 9.69 Å². The van der Waals surface area contributed by atoms with Gasteiger partial charge in [0.05, 0.1) is 13.1 Å². The van der Waals surface area contributed by atoms with Crippen LogP contribution in [-0.2, 0) is 9.53 Å². The van der Waals surface area contributed by atoms with Crippen molar-refractivity contribution in [3.63, 3.8) is 0 Å². The van der Waals surface area contributed by atoms with Crippen LogP contribution in [0.3, 0.4) is 0 Å². The molecule has 5 nitrogen and oxygen atoms in total. The molecule has 1 heterocycles. The van der Waals surface area contributed by atoms with E-state index < -0.39 is 23.6 Å². The normalized spacial score (nSPS) is 21.2. The summed E-state index contributed by atoms with van der Waals surface area (Å²) in [6.45, 7) is 4.78. The van der Waals surface area contributed by atoms with Gasteiger partial charge in [-0.2, -0.15) is 0 Å². The minimum absolute atomic E-state index is 0. The van der Waals surface area contributed by atoms with Gasteiger partial charge < -0.3 is 10.2 Å². The second-order valence-corrected chi connectivity index (χ2v) is 4.29. The Labute approximate surface area is 87.5 Å². The Balaban J connectivity index is 0.00000196. The highest BCUT2D eigenvalue weighted by atomic mass is 19.1. The summed E-state index contributed by atoms with van der Waals surface area (Å²) >= 11 is 0. The minimum Gasteiger partial charge on any atom is -0.444 e. The molecule has 0 aromatic heterocycles. The Hall–Kier alpha value is -1.17. The van der Waals surface area contributed by atoms with Gasteiger partial charge in [0, 0.05) is 0 Å². The van der Waals surface area contributed by atoms with Crippen LogP contribution in [0.15, 0.2) is 0 Å². The van der Waals surface area contributed by atoms with Crippen LogP contribution in [0.2, 0.25) is 0 Å². The van der Waals surface area contributed by atoms with Crippen LogP contribution in [0.5, 0.6) is 0 Å². The van der Waals surface area contributed by atoms with E-state index in [1.54, 1.807) is 20.8 Å². The third-order valence-electron chi connectivity index (χ3n) is 1.73. The van der Waals surface area contributed by atoms with Gasteiger partial charge >= 0.3 is 6.09 Å². The van der Waals surface area contributed by atoms with Crippen LogP contribution in [-0.4, -0.2) is 47.1 Å². The van der Waals surface area contributed by atoms with Gasteiger partial charge in [0.1, 0.15) is 5.60 Å². The van der Waals surface area contributed by atoms with E-state index in [1.807, 2.05) is 0 Å². The van der Waals surface area contributed by atoms with Crippen molar-refractivity contribution in [2.75, 3.05) is 13.1 Å². The number of likely N-dealkylation sites (tertiary alicyclic amines) is 1. The number of carbonyl (C=O) groups excluding carboxylic acids is 2. The van der Waals surface area contributed by atoms with Crippen LogP contribution >= 0.6 is 0 Å². The molecule has 0 aromatic carbocycles. The first kappa shape index (κ1) is 13.8. The van der Waals surface area contributed by atoms with Crippen molar-refractivity contribution >= 4 is 11.9 Å². The number of ketones is 1. The second-order valence-electron chi connectivity index (χ2n) is 4.29. The number of alkyl halides is 1. The Morgan fingerprint density at radius 2 is 2.07 bits per heavy atom. The summed E-state index contributed by atoms with van der Waals surface area (Å²) in [6, 6.07) is 0. The number of halogens is 1. The molecule has 0 radical (unpaired) electrons. The number of carbonyl (C=O) groups is 2. The maximum Gasteiger partial charge on any atom is 0.410 e. The van der Waals surface area contributed by atoms with E-state index in [9.17, 15) is 14.0 Å². The lowest BCUT2D eigenvalue weighted by Gasteiger charge is -2.23. The zero-order valence-electron chi connectivity index (χ0n) is 9.04. The van der Waals surface area contributed by atoms with Crippen LogP contribution in [0.25, 0.3) is 0 Å². The van der Waals surface area contributed by atoms with E-state index in [4.69, 9.17) is 4.74 Å². The topological polar surface area (TPSA) is 78.1 Å². The lowest BCUT2D eigenvalue weighted by Crippen LogP contribution is -2.35. The van der Waals surface area contributed by atoms with E-state index >= 15 is 0 Å². The summed E-state index contributed by atoms with van der Waals surface area (Å²) in [6.07, 6.45) is -2.19. The van der Waals surface area contributed by atoms with Gasteiger partial charge in [-0.1, -0.05) is 0 Å². The molecule has 88 valence electrons. The standard InChI is InChI=1S/C9H14FNO3.H2O/c1-9(2,3)14-8(13)11-4-6(10)7(12)5-11;/h6H,4-5H2,1-3H3;1H2. The molecule has 1 fully saturated rings. The first-order chi connectivity index (χ1) is 6.29. The van der Waals surface area contributed by atoms with E-state index in [2.05, 4.69) is 0 Å². The third kappa shape index (κ3) is 3.83. The molecular weight excluding hydrogens is 205 g/mol. The smallest absolute Gasteiger partial charge is 0.410 e. The molecule has 1 amide bonds. The van der Waals surface area contributed by atoms with Crippen molar-refractivity contribution in [1.29, 1.82) is 0 Å². The summed E-state index contributed by atoms with van der Waals surface area (Å²) < 4.78 is 17.7. The predicted octanol–water partition coefficient (Wildman–Crippen LogP) is 0.320. The van der Waals surface area contributed by atoms with Gasteiger partial charge in [-0.25, -0.2) is 9.18 Å². The quantitative estimate of drug-likeness (QED) is 0.591. The summed E-state index contributed by atoms with van der Waals surface area (Å²) in [7, 11) is 0. The zero-order chi connectivity index (χ0) is 10.9. The molecule has 2 N–H and O–H groups in total. The summed E-state index contributed by atoms with van der Waals surface area (Å²) in [5.74, 6) is -0.559. The summed E-state index contributed by atoms with van der Waals surface area (Å²) in [5.41, 5.74) is -0.617. The molecule has 0 spiro atoms. The molecule has 0 aliphatic carbocycles. The maximum atomic E-state index is 12.8. The number of amides is 1. The molecule has 0 bridgehead atoms. The zero-order valence-corrected chi connectivity index (χ0v) is 9.04. The Morgan fingerprint density at radius 1 is 1.53 bits per heavy atom. The van der Waals surface area contributed by atoms with Crippen molar-refractivity contribution in [3.8, 4) is 0 Å². The number of nitrogens with zero attached hydrogens (tertiary/aromatic N) is 1. The van der Waals surface area contributed by atoms with Crippen LogP contribution in [0, 0.1) is 0 Å². The van der Waals surface area contributed by atoms with Gasteiger partial charge in [0.25, 0.3) is 0 Å². The average Bonchev–Trinajstić information content (AvgIpc) is 2.28. The molecule has 1 rings (SSSR count). The number of hydrogen-bond donors (Lipinski definition) is 0. The van der Waals surface area contributed by atoms with Gasteiger partial charge in [-0.15, -0.1) is 0 Å². The first-order valence-electron chi connectivity index (χ1n) is 4.44. The van der Waals surface area contributed by atoms with Crippen molar-refractivity contribution in [2.24, 2.45) is 0 Å². The molecule has 1 unspecified atom stereocenters. The van der Waals surface area contributed by atoms with Gasteiger partial charge in [0.15, 0.2) is 12.0 Å². The Morgan fingerprint density at radius 3 is 2.40 bits per heavy atom.